The molecule has 0 spiro atoms. The molecule has 0 bridgehead atoms. The van der Waals surface area contributed by atoms with Crippen LogP contribution >= 0.6 is 27.3 Å². The van der Waals surface area contributed by atoms with E-state index in [4.69, 9.17) is 0 Å². The fourth-order valence-electron chi connectivity index (χ4n) is 2.79. The highest BCUT2D eigenvalue weighted by Gasteiger charge is 2.32. The van der Waals surface area contributed by atoms with Gasteiger partial charge in [0.05, 0.1) is 0 Å². The van der Waals surface area contributed by atoms with Crippen LogP contribution in [0.4, 0.5) is 0 Å². The maximum Gasteiger partial charge on any atom is 0.0490 e. The Morgan fingerprint density at radius 1 is 1.56 bits per heavy atom. The molecular weight excluding hydrogens is 308 g/mol. The molecule has 1 N–H and O–H groups in total. The molecule has 1 aliphatic heterocycles. The Balaban J connectivity index is 2.13. The average Bonchev–Trinajstić information content (AvgIpc) is 2.72. The van der Waals surface area contributed by atoms with Crippen molar-refractivity contribution >= 4 is 27.3 Å². The second kappa shape index (κ2) is 6.51. The molecule has 2 unspecified atom stereocenters. The molecule has 102 valence electrons. The van der Waals surface area contributed by atoms with E-state index in [9.17, 15) is 0 Å². The average molecular weight is 331 g/mol. The van der Waals surface area contributed by atoms with Gasteiger partial charge in [0, 0.05) is 28.0 Å². The molecular formula is C14H23BrN2S. The minimum Gasteiger partial charge on any atom is -0.314 e. The lowest BCUT2D eigenvalue weighted by molar-refractivity contribution is 0.120. The number of nitrogens with zero attached hydrogens (tertiary/aromatic N) is 1. The van der Waals surface area contributed by atoms with Gasteiger partial charge in [-0.1, -0.05) is 13.8 Å². The fraction of sp³-hybridized carbons (Fsp3) is 0.714. The van der Waals surface area contributed by atoms with Crippen LogP contribution in [0.3, 0.4) is 0 Å². The Labute approximate surface area is 123 Å². The second-order valence-electron chi connectivity index (χ2n) is 5.52. The van der Waals surface area contributed by atoms with Crippen LogP contribution in [-0.2, 0) is 0 Å². The third-order valence-electron chi connectivity index (χ3n) is 3.71. The van der Waals surface area contributed by atoms with E-state index >= 15 is 0 Å². The molecule has 1 fully saturated rings. The van der Waals surface area contributed by atoms with Crippen molar-refractivity contribution in [3.8, 4) is 0 Å². The predicted octanol–water partition coefficient (Wildman–Crippen LogP) is 3.89. The van der Waals surface area contributed by atoms with Gasteiger partial charge in [-0.2, -0.15) is 0 Å². The molecule has 1 saturated heterocycles. The van der Waals surface area contributed by atoms with Crippen LogP contribution in [0.15, 0.2) is 15.9 Å². The number of nitrogens with one attached hydrogen (secondary N) is 1. The molecule has 18 heavy (non-hydrogen) atoms. The number of hydrogen-bond acceptors (Lipinski definition) is 3. The normalized spacial score (nSPS) is 25.8. The van der Waals surface area contributed by atoms with Gasteiger partial charge < -0.3 is 5.32 Å². The zero-order valence-corrected chi connectivity index (χ0v) is 13.9. The van der Waals surface area contributed by atoms with Crippen LogP contribution in [0.25, 0.3) is 0 Å². The van der Waals surface area contributed by atoms with Gasteiger partial charge in [0.25, 0.3) is 0 Å². The minimum absolute atomic E-state index is 0.569. The Hall–Kier alpha value is 0.100. The van der Waals surface area contributed by atoms with Gasteiger partial charge in [0.2, 0.25) is 0 Å². The summed E-state index contributed by atoms with van der Waals surface area (Å²) in [4.78, 5) is 4.01. The SMILES string of the molecule is CC(C)NCC1CCCN(C)C1c1sccc1Br. The van der Waals surface area contributed by atoms with Gasteiger partial charge >= 0.3 is 0 Å². The van der Waals surface area contributed by atoms with E-state index in [1.165, 1.54) is 28.7 Å². The Bertz CT molecular complexity index is 378. The zero-order chi connectivity index (χ0) is 13.1. The summed E-state index contributed by atoms with van der Waals surface area (Å²) in [6.45, 7) is 6.79. The first-order valence-electron chi connectivity index (χ1n) is 6.76. The summed E-state index contributed by atoms with van der Waals surface area (Å²) < 4.78 is 1.28. The van der Waals surface area contributed by atoms with E-state index < -0.39 is 0 Å². The quantitative estimate of drug-likeness (QED) is 0.900. The van der Waals surface area contributed by atoms with Crippen molar-refractivity contribution in [1.82, 2.24) is 10.2 Å². The van der Waals surface area contributed by atoms with Crippen molar-refractivity contribution in [3.05, 3.63) is 20.8 Å². The largest absolute Gasteiger partial charge is 0.314 e. The van der Waals surface area contributed by atoms with Gasteiger partial charge in [0.1, 0.15) is 0 Å². The molecule has 0 saturated carbocycles. The van der Waals surface area contributed by atoms with Crippen molar-refractivity contribution in [2.24, 2.45) is 5.92 Å². The lowest BCUT2D eigenvalue weighted by atomic mass is 9.88. The molecule has 0 aliphatic carbocycles. The van der Waals surface area contributed by atoms with E-state index in [1.807, 2.05) is 11.3 Å². The van der Waals surface area contributed by atoms with Gasteiger partial charge in [-0.3, -0.25) is 4.90 Å². The smallest absolute Gasteiger partial charge is 0.0490 e. The molecule has 1 aromatic heterocycles. The van der Waals surface area contributed by atoms with Gasteiger partial charge in [-0.05, 0) is 59.7 Å². The highest BCUT2D eigenvalue weighted by molar-refractivity contribution is 9.10. The zero-order valence-electron chi connectivity index (χ0n) is 11.4. The number of rotatable bonds is 4. The summed E-state index contributed by atoms with van der Waals surface area (Å²) in [5.41, 5.74) is 0. The van der Waals surface area contributed by atoms with Gasteiger partial charge in [-0.25, -0.2) is 0 Å². The molecule has 2 heterocycles. The van der Waals surface area contributed by atoms with Crippen molar-refractivity contribution in [2.45, 2.75) is 38.8 Å². The number of likely N-dealkylation sites (tertiary alicyclic amines) is 1. The molecule has 1 aliphatic rings. The lowest BCUT2D eigenvalue weighted by Crippen LogP contribution is -2.41. The van der Waals surface area contributed by atoms with E-state index in [2.05, 4.69) is 58.5 Å². The van der Waals surface area contributed by atoms with Crippen molar-refractivity contribution in [3.63, 3.8) is 0 Å². The molecule has 0 aromatic carbocycles. The summed E-state index contributed by atoms with van der Waals surface area (Å²) in [6, 6.07) is 3.32. The number of hydrogen-bond donors (Lipinski definition) is 1. The van der Waals surface area contributed by atoms with Crippen LogP contribution in [0.2, 0.25) is 0 Å². The van der Waals surface area contributed by atoms with Crippen LogP contribution < -0.4 is 5.32 Å². The maximum atomic E-state index is 3.70. The lowest BCUT2D eigenvalue weighted by Gasteiger charge is -2.39. The summed E-state index contributed by atoms with van der Waals surface area (Å²) >= 11 is 5.58. The van der Waals surface area contributed by atoms with E-state index in [-0.39, 0.29) is 0 Å². The van der Waals surface area contributed by atoms with Crippen molar-refractivity contribution in [1.29, 1.82) is 0 Å². The van der Waals surface area contributed by atoms with Gasteiger partial charge in [0.15, 0.2) is 0 Å². The number of halogens is 1. The topological polar surface area (TPSA) is 15.3 Å². The molecule has 2 atom stereocenters. The molecule has 2 rings (SSSR count). The Morgan fingerprint density at radius 3 is 2.94 bits per heavy atom. The first kappa shape index (κ1) is 14.5. The minimum atomic E-state index is 0.569. The molecule has 0 amide bonds. The Kier molecular flexibility index (Phi) is 5.24. The van der Waals surface area contributed by atoms with Crippen LogP contribution in [0.5, 0.6) is 0 Å². The summed E-state index contributed by atoms with van der Waals surface area (Å²) in [5, 5.41) is 5.80. The van der Waals surface area contributed by atoms with Crippen molar-refractivity contribution < 1.29 is 0 Å². The maximum absolute atomic E-state index is 3.70. The van der Waals surface area contributed by atoms with Gasteiger partial charge in [-0.15, -0.1) is 11.3 Å². The first-order valence-corrected chi connectivity index (χ1v) is 8.43. The number of thiophene rings is 1. The summed E-state index contributed by atoms with van der Waals surface area (Å²) in [5.74, 6) is 0.723. The summed E-state index contributed by atoms with van der Waals surface area (Å²) in [6.07, 6.45) is 2.65. The van der Waals surface area contributed by atoms with Crippen LogP contribution in [0.1, 0.15) is 37.6 Å². The molecule has 4 heteroatoms. The number of piperidine rings is 1. The van der Waals surface area contributed by atoms with Crippen LogP contribution in [-0.4, -0.2) is 31.1 Å². The summed E-state index contributed by atoms with van der Waals surface area (Å²) in [7, 11) is 2.26. The van der Waals surface area contributed by atoms with Crippen LogP contribution in [0, 0.1) is 5.92 Å². The van der Waals surface area contributed by atoms with E-state index in [1.54, 1.807) is 0 Å². The molecule has 0 radical (unpaired) electrons. The van der Waals surface area contributed by atoms with E-state index in [0.717, 1.165) is 12.5 Å². The second-order valence-corrected chi connectivity index (χ2v) is 7.33. The Morgan fingerprint density at radius 2 is 2.33 bits per heavy atom. The third kappa shape index (κ3) is 3.35. The predicted molar refractivity (Wildman–Crippen MR) is 83.3 cm³/mol. The molecule has 1 aromatic rings. The molecule has 2 nitrogen and oxygen atoms in total. The standard InChI is InChI=1S/C14H23BrN2S/c1-10(2)16-9-11-5-4-7-17(3)13(11)14-12(15)6-8-18-14/h6,8,10-11,13,16H,4-5,7,9H2,1-3H3. The third-order valence-corrected chi connectivity index (χ3v) is 5.65. The van der Waals surface area contributed by atoms with Crippen molar-refractivity contribution in [2.75, 3.05) is 20.1 Å². The highest BCUT2D eigenvalue weighted by Crippen LogP contribution is 2.40. The van der Waals surface area contributed by atoms with E-state index in [0.29, 0.717) is 12.1 Å². The fourth-order valence-corrected chi connectivity index (χ4v) is 4.66. The first-order chi connectivity index (χ1) is 8.59. The highest BCUT2D eigenvalue weighted by atomic mass is 79.9. The monoisotopic (exact) mass is 330 g/mol.